The van der Waals surface area contributed by atoms with Gasteiger partial charge in [0.1, 0.15) is 6.10 Å². The highest BCUT2D eigenvalue weighted by Gasteiger charge is 2.37. The fourth-order valence-corrected chi connectivity index (χ4v) is 4.89. The van der Waals surface area contributed by atoms with Crippen LogP contribution in [0.1, 0.15) is 39.2 Å². The minimum absolute atomic E-state index is 0.203. The molecule has 1 fully saturated rings. The lowest BCUT2D eigenvalue weighted by atomic mass is 9.90. The summed E-state index contributed by atoms with van der Waals surface area (Å²) in [6.45, 7) is 6.45. The van der Waals surface area contributed by atoms with Crippen molar-refractivity contribution in [1.29, 1.82) is 0 Å². The van der Waals surface area contributed by atoms with Crippen molar-refractivity contribution in [2.45, 2.75) is 58.2 Å². The normalized spacial score (nSPS) is 20.2. The minimum Gasteiger partial charge on any atom is -0.446 e. The topological polar surface area (TPSA) is 75.7 Å². The summed E-state index contributed by atoms with van der Waals surface area (Å²) in [6, 6.07) is 17.6. The summed E-state index contributed by atoms with van der Waals surface area (Å²) < 4.78 is 32.5. The lowest BCUT2D eigenvalue weighted by molar-refractivity contribution is 0.0271. The average molecular weight is 459 g/mol. The summed E-state index contributed by atoms with van der Waals surface area (Å²) in [5, 5.41) is 0. The Morgan fingerprint density at radius 2 is 1.78 bits per heavy atom. The van der Waals surface area contributed by atoms with Gasteiger partial charge in [0.15, 0.2) is 0 Å². The minimum atomic E-state index is -3.41. The summed E-state index contributed by atoms with van der Waals surface area (Å²) >= 11 is 0. The van der Waals surface area contributed by atoms with E-state index in [1.165, 1.54) is 0 Å². The third-order valence-electron chi connectivity index (χ3n) is 6.08. The second kappa shape index (κ2) is 10.5. The number of hydrogen-bond donors (Lipinski definition) is 1. The van der Waals surface area contributed by atoms with E-state index in [2.05, 4.69) is 29.0 Å². The Bertz CT molecular complexity index is 1010. The molecule has 3 unspecified atom stereocenters. The van der Waals surface area contributed by atoms with Crippen LogP contribution in [0.2, 0.25) is 0 Å². The van der Waals surface area contributed by atoms with Gasteiger partial charge in [0.05, 0.1) is 12.3 Å². The molecule has 2 aromatic carbocycles. The van der Waals surface area contributed by atoms with Crippen molar-refractivity contribution < 1.29 is 17.9 Å². The molecule has 3 atom stereocenters. The molecule has 6 nitrogen and oxygen atoms in total. The number of benzene rings is 2. The quantitative estimate of drug-likeness (QED) is 0.665. The summed E-state index contributed by atoms with van der Waals surface area (Å²) in [5.74, 6) is 0.203. The summed E-state index contributed by atoms with van der Waals surface area (Å²) in [6.07, 6.45) is 2.51. The zero-order valence-electron chi connectivity index (χ0n) is 19.3. The number of carbonyl (C=O) groups excluding carboxylic acids is 1. The van der Waals surface area contributed by atoms with Gasteiger partial charge in [-0.3, -0.25) is 0 Å². The molecule has 1 heterocycles. The van der Waals surface area contributed by atoms with E-state index >= 15 is 0 Å². The first-order valence-electron chi connectivity index (χ1n) is 11.2. The van der Waals surface area contributed by atoms with E-state index in [1.54, 1.807) is 4.90 Å². The van der Waals surface area contributed by atoms with Crippen molar-refractivity contribution in [2.24, 2.45) is 5.92 Å². The Morgan fingerprint density at radius 3 is 2.44 bits per heavy atom. The molecule has 0 saturated carbocycles. The molecule has 1 aliphatic rings. The zero-order chi connectivity index (χ0) is 23.3. The van der Waals surface area contributed by atoms with Gasteiger partial charge in [0.2, 0.25) is 10.0 Å². The summed E-state index contributed by atoms with van der Waals surface area (Å²) in [5.41, 5.74) is 3.26. The van der Waals surface area contributed by atoms with Gasteiger partial charge in [-0.25, -0.2) is 17.9 Å². The van der Waals surface area contributed by atoms with Gasteiger partial charge in [-0.05, 0) is 48.8 Å². The van der Waals surface area contributed by atoms with E-state index in [-0.39, 0.29) is 30.2 Å². The van der Waals surface area contributed by atoms with Crippen LogP contribution >= 0.6 is 0 Å². The fourth-order valence-electron chi connectivity index (χ4n) is 4.06. The number of carbonyl (C=O) groups is 1. The molecule has 32 heavy (non-hydrogen) atoms. The van der Waals surface area contributed by atoms with Crippen molar-refractivity contribution in [2.75, 3.05) is 12.8 Å². The maximum Gasteiger partial charge on any atom is 0.410 e. The Labute approximate surface area is 192 Å². The van der Waals surface area contributed by atoms with E-state index < -0.39 is 10.0 Å². The highest BCUT2D eigenvalue weighted by Crippen LogP contribution is 2.26. The van der Waals surface area contributed by atoms with Crippen LogP contribution in [0.15, 0.2) is 54.6 Å². The fraction of sp³-hybridized carbons (Fsp3) is 0.480. The van der Waals surface area contributed by atoms with Gasteiger partial charge in [-0.15, -0.1) is 0 Å². The molecule has 174 valence electrons. The van der Waals surface area contributed by atoms with Crippen LogP contribution in [0.25, 0.3) is 11.1 Å². The van der Waals surface area contributed by atoms with Gasteiger partial charge >= 0.3 is 6.09 Å². The number of ether oxygens (including phenoxy) is 1. The second-order valence-electron chi connectivity index (χ2n) is 9.00. The maximum atomic E-state index is 13.0. The number of amides is 1. The lowest BCUT2D eigenvalue weighted by Gasteiger charge is -2.41. The third kappa shape index (κ3) is 6.56. The van der Waals surface area contributed by atoms with Crippen molar-refractivity contribution in [3.63, 3.8) is 0 Å². The molecule has 7 heteroatoms. The highest BCUT2D eigenvalue weighted by molar-refractivity contribution is 7.88. The first-order valence-corrected chi connectivity index (χ1v) is 13.1. The number of sulfonamides is 1. The monoisotopic (exact) mass is 458 g/mol. The van der Waals surface area contributed by atoms with Crippen LogP contribution in [0, 0.1) is 5.92 Å². The maximum absolute atomic E-state index is 13.0. The zero-order valence-corrected chi connectivity index (χ0v) is 20.1. The van der Waals surface area contributed by atoms with E-state index in [4.69, 9.17) is 4.74 Å². The van der Waals surface area contributed by atoms with Crippen LogP contribution < -0.4 is 4.72 Å². The van der Waals surface area contributed by atoms with E-state index in [9.17, 15) is 13.2 Å². The van der Waals surface area contributed by atoms with Gasteiger partial charge in [-0.1, -0.05) is 68.4 Å². The molecule has 1 aliphatic heterocycles. The second-order valence-corrected chi connectivity index (χ2v) is 10.8. The smallest absolute Gasteiger partial charge is 0.410 e. The molecule has 0 bridgehead atoms. The number of likely N-dealkylation sites (tertiary alicyclic amines) is 1. The predicted molar refractivity (Wildman–Crippen MR) is 128 cm³/mol. The van der Waals surface area contributed by atoms with Crippen molar-refractivity contribution >= 4 is 16.1 Å². The Morgan fingerprint density at radius 1 is 1.09 bits per heavy atom. The Hall–Kier alpha value is -2.38. The largest absolute Gasteiger partial charge is 0.446 e. The van der Waals surface area contributed by atoms with Crippen LogP contribution in [-0.2, 0) is 21.2 Å². The molecule has 1 saturated heterocycles. The molecule has 0 aromatic heterocycles. The summed E-state index contributed by atoms with van der Waals surface area (Å²) in [7, 11) is -3.41. The first-order chi connectivity index (χ1) is 15.1. The van der Waals surface area contributed by atoms with Crippen molar-refractivity contribution in [1.82, 2.24) is 9.62 Å². The average Bonchev–Trinajstić information content (AvgIpc) is 2.74. The standard InChI is InChI=1S/C25H34N2O4S/c1-18(2)19(3)31-25(28)27-15-9-14-23(26-32(4,29)30)24(27)17-20-10-8-13-22(16-20)21-11-6-5-7-12-21/h5-8,10-13,16,18-19,23-24,26H,9,14-15,17H2,1-4H3. The van der Waals surface area contributed by atoms with Crippen LogP contribution in [0.4, 0.5) is 4.79 Å². The molecule has 1 N–H and O–H groups in total. The SMILES string of the molecule is CC(C)C(C)OC(=O)N1CCCC(NS(C)(=O)=O)C1Cc1cccc(-c2ccccc2)c1. The molecule has 3 rings (SSSR count). The molecule has 0 radical (unpaired) electrons. The van der Waals surface area contributed by atoms with Crippen LogP contribution in [0.3, 0.4) is 0 Å². The molecular formula is C25H34N2O4S. The van der Waals surface area contributed by atoms with E-state index in [1.807, 2.05) is 51.1 Å². The first kappa shape index (κ1) is 24.3. The number of hydrogen-bond acceptors (Lipinski definition) is 4. The Balaban J connectivity index is 1.88. The molecule has 2 aromatic rings. The van der Waals surface area contributed by atoms with Crippen molar-refractivity contribution in [3.8, 4) is 11.1 Å². The number of piperidine rings is 1. The van der Waals surface area contributed by atoms with E-state index in [0.29, 0.717) is 19.4 Å². The number of nitrogens with one attached hydrogen (secondary N) is 1. The number of nitrogens with zero attached hydrogens (tertiary/aromatic N) is 1. The Kier molecular flexibility index (Phi) is 7.96. The third-order valence-corrected chi connectivity index (χ3v) is 6.81. The molecule has 0 aliphatic carbocycles. The molecular weight excluding hydrogens is 424 g/mol. The predicted octanol–water partition coefficient (Wildman–Crippen LogP) is 4.46. The summed E-state index contributed by atoms with van der Waals surface area (Å²) in [4.78, 5) is 14.7. The lowest BCUT2D eigenvalue weighted by Crippen LogP contribution is -2.58. The van der Waals surface area contributed by atoms with Crippen LogP contribution in [-0.4, -0.2) is 50.4 Å². The van der Waals surface area contributed by atoms with Gasteiger partial charge in [-0.2, -0.15) is 0 Å². The highest BCUT2D eigenvalue weighted by atomic mass is 32.2. The van der Waals surface area contributed by atoms with Crippen LogP contribution in [0.5, 0.6) is 0 Å². The molecule has 0 spiro atoms. The van der Waals surface area contributed by atoms with Gasteiger partial charge in [0, 0.05) is 12.6 Å². The van der Waals surface area contributed by atoms with Crippen molar-refractivity contribution in [3.05, 3.63) is 60.2 Å². The number of rotatable bonds is 7. The van der Waals surface area contributed by atoms with Gasteiger partial charge in [0.25, 0.3) is 0 Å². The molecule has 1 amide bonds. The van der Waals surface area contributed by atoms with Gasteiger partial charge < -0.3 is 9.64 Å². The van der Waals surface area contributed by atoms with E-state index in [0.717, 1.165) is 29.4 Å².